The maximum absolute atomic E-state index is 4.70. The number of aryl methyl sites for hydroxylation is 1. The van der Waals surface area contributed by atoms with Gasteiger partial charge in [0.2, 0.25) is 0 Å². The van der Waals surface area contributed by atoms with Crippen LogP contribution in [-0.4, -0.2) is 71.5 Å². The van der Waals surface area contributed by atoms with Crippen molar-refractivity contribution in [3.05, 3.63) is 5.82 Å². The molecule has 1 saturated carbocycles. The van der Waals surface area contributed by atoms with E-state index in [1.165, 1.54) is 25.7 Å². The van der Waals surface area contributed by atoms with Crippen molar-refractivity contribution in [2.24, 2.45) is 4.99 Å². The van der Waals surface area contributed by atoms with E-state index in [1.807, 2.05) is 38.0 Å². The number of nitrogens with zero attached hydrogens (tertiary/aromatic N) is 6. The van der Waals surface area contributed by atoms with Crippen LogP contribution < -0.4 is 0 Å². The van der Waals surface area contributed by atoms with Crippen molar-refractivity contribution in [2.45, 2.75) is 49.7 Å². The molecule has 0 aliphatic heterocycles. The van der Waals surface area contributed by atoms with Crippen LogP contribution in [0.3, 0.4) is 0 Å². The van der Waals surface area contributed by atoms with Gasteiger partial charge >= 0.3 is 0 Å². The molecule has 0 N–H and O–H groups in total. The lowest BCUT2D eigenvalue weighted by Crippen LogP contribution is -2.35. The fourth-order valence-corrected chi connectivity index (χ4v) is 3.82. The van der Waals surface area contributed by atoms with Gasteiger partial charge in [-0.25, -0.2) is 0 Å². The molecule has 130 valence electrons. The molecule has 0 spiro atoms. The number of rotatable bonds is 6. The Morgan fingerprint density at radius 3 is 2.39 bits per heavy atom. The van der Waals surface area contributed by atoms with Gasteiger partial charge in [-0.1, -0.05) is 24.6 Å². The van der Waals surface area contributed by atoms with E-state index in [-0.39, 0.29) is 0 Å². The van der Waals surface area contributed by atoms with Crippen LogP contribution in [0.4, 0.5) is 0 Å². The van der Waals surface area contributed by atoms with Crippen molar-refractivity contribution in [1.82, 2.24) is 24.6 Å². The van der Waals surface area contributed by atoms with Gasteiger partial charge in [0.25, 0.3) is 0 Å². The standard InChI is InChI=1S/C16H30N6S/c1-20(2)15(21(3)4)17-12-8-11-14-18-19-16(23-5)22(14)13-9-6-7-10-13/h13H,6-12H2,1-5H3. The van der Waals surface area contributed by atoms with Crippen molar-refractivity contribution < 1.29 is 0 Å². The molecule has 0 radical (unpaired) electrons. The fraction of sp³-hybridized carbons (Fsp3) is 0.812. The lowest BCUT2D eigenvalue weighted by molar-refractivity contribution is 0.459. The lowest BCUT2D eigenvalue weighted by atomic mass is 10.2. The molecule has 1 aliphatic rings. The number of hydrogen-bond acceptors (Lipinski definition) is 4. The quantitative estimate of drug-likeness (QED) is 0.345. The highest BCUT2D eigenvalue weighted by Crippen LogP contribution is 2.33. The van der Waals surface area contributed by atoms with Crippen molar-refractivity contribution in [1.29, 1.82) is 0 Å². The fourth-order valence-electron chi connectivity index (χ4n) is 3.25. The monoisotopic (exact) mass is 338 g/mol. The summed E-state index contributed by atoms with van der Waals surface area (Å²) in [6.07, 6.45) is 9.23. The molecule has 0 bridgehead atoms. The van der Waals surface area contributed by atoms with Gasteiger partial charge in [0, 0.05) is 47.2 Å². The topological polar surface area (TPSA) is 49.6 Å². The average molecular weight is 339 g/mol. The second-order valence-electron chi connectivity index (χ2n) is 6.49. The van der Waals surface area contributed by atoms with Crippen LogP contribution in [0.5, 0.6) is 0 Å². The van der Waals surface area contributed by atoms with Crippen LogP contribution in [0.15, 0.2) is 10.1 Å². The summed E-state index contributed by atoms with van der Waals surface area (Å²) in [4.78, 5) is 8.79. The van der Waals surface area contributed by atoms with E-state index < -0.39 is 0 Å². The van der Waals surface area contributed by atoms with Crippen molar-refractivity contribution in [3.8, 4) is 0 Å². The van der Waals surface area contributed by atoms with Crippen LogP contribution in [0.1, 0.15) is 44.0 Å². The summed E-state index contributed by atoms with van der Waals surface area (Å²) in [6, 6.07) is 0.602. The molecule has 0 aromatic carbocycles. The van der Waals surface area contributed by atoms with E-state index in [9.17, 15) is 0 Å². The van der Waals surface area contributed by atoms with Gasteiger partial charge in [0.05, 0.1) is 0 Å². The van der Waals surface area contributed by atoms with E-state index >= 15 is 0 Å². The number of aliphatic imine (C=N–C) groups is 1. The van der Waals surface area contributed by atoms with Crippen LogP contribution in [0.2, 0.25) is 0 Å². The first-order chi connectivity index (χ1) is 11.0. The van der Waals surface area contributed by atoms with Crippen molar-refractivity contribution in [2.75, 3.05) is 41.0 Å². The van der Waals surface area contributed by atoms with Gasteiger partial charge in [0.1, 0.15) is 5.82 Å². The number of thioether (sulfide) groups is 1. The third-order valence-electron chi connectivity index (χ3n) is 4.22. The molecule has 7 heteroatoms. The van der Waals surface area contributed by atoms with Crippen LogP contribution in [0, 0.1) is 0 Å². The Bertz CT molecular complexity index is 507. The molecular weight excluding hydrogens is 308 g/mol. The molecule has 1 aliphatic carbocycles. The number of aromatic nitrogens is 3. The van der Waals surface area contributed by atoms with Gasteiger partial charge < -0.3 is 14.4 Å². The van der Waals surface area contributed by atoms with E-state index in [2.05, 4.69) is 21.0 Å². The lowest BCUT2D eigenvalue weighted by Gasteiger charge is -2.22. The van der Waals surface area contributed by atoms with Gasteiger partial charge in [-0.15, -0.1) is 10.2 Å². The Balaban J connectivity index is 1.98. The third-order valence-corrected chi connectivity index (χ3v) is 4.86. The molecule has 0 saturated heterocycles. The van der Waals surface area contributed by atoms with Crippen molar-refractivity contribution >= 4 is 17.7 Å². The molecule has 0 atom stereocenters. The summed E-state index contributed by atoms with van der Waals surface area (Å²) in [5, 5.41) is 9.88. The van der Waals surface area contributed by atoms with E-state index in [0.29, 0.717) is 6.04 Å². The van der Waals surface area contributed by atoms with Gasteiger partial charge in [-0.2, -0.15) is 0 Å². The Morgan fingerprint density at radius 2 is 1.83 bits per heavy atom. The minimum absolute atomic E-state index is 0.602. The first-order valence-corrected chi connectivity index (χ1v) is 9.64. The van der Waals surface area contributed by atoms with Crippen LogP contribution >= 0.6 is 11.8 Å². The molecule has 0 unspecified atom stereocenters. The zero-order chi connectivity index (χ0) is 16.8. The summed E-state index contributed by atoms with van der Waals surface area (Å²) in [5.74, 6) is 2.14. The van der Waals surface area contributed by atoms with E-state index in [0.717, 1.165) is 36.3 Å². The zero-order valence-corrected chi connectivity index (χ0v) is 15.9. The SMILES string of the molecule is CSc1nnc(CCCN=C(N(C)C)N(C)C)n1C1CCCC1. The molecule has 2 rings (SSSR count). The Labute approximate surface area is 144 Å². The largest absolute Gasteiger partial charge is 0.349 e. The summed E-state index contributed by atoms with van der Waals surface area (Å²) in [7, 11) is 8.11. The van der Waals surface area contributed by atoms with Crippen LogP contribution in [0.25, 0.3) is 0 Å². The van der Waals surface area contributed by atoms with E-state index in [1.54, 1.807) is 11.8 Å². The van der Waals surface area contributed by atoms with E-state index in [4.69, 9.17) is 4.99 Å². The summed E-state index contributed by atoms with van der Waals surface area (Å²) >= 11 is 1.70. The van der Waals surface area contributed by atoms with Gasteiger partial charge in [0.15, 0.2) is 11.1 Å². The molecule has 1 aromatic rings. The maximum Gasteiger partial charge on any atom is 0.195 e. The molecular formula is C16H30N6S. The molecule has 1 heterocycles. The predicted molar refractivity (Wildman–Crippen MR) is 97.3 cm³/mol. The first-order valence-electron chi connectivity index (χ1n) is 8.41. The zero-order valence-electron chi connectivity index (χ0n) is 15.1. The summed E-state index contributed by atoms with van der Waals surface area (Å²) in [6.45, 7) is 0.817. The maximum atomic E-state index is 4.70. The smallest absolute Gasteiger partial charge is 0.195 e. The Morgan fingerprint density at radius 1 is 1.17 bits per heavy atom. The molecule has 6 nitrogen and oxygen atoms in total. The minimum atomic E-state index is 0.602. The normalized spacial score (nSPS) is 15.0. The highest BCUT2D eigenvalue weighted by atomic mass is 32.2. The second-order valence-corrected chi connectivity index (χ2v) is 7.26. The minimum Gasteiger partial charge on any atom is -0.349 e. The Kier molecular flexibility index (Phi) is 6.74. The molecule has 0 amide bonds. The summed E-state index contributed by atoms with van der Waals surface area (Å²) < 4.78 is 2.39. The molecule has 1 fully saturated rings. The summed E-state index contributed by atoms with van der Waals surface area (Å²) in [5.41, 5.74) is 0. The number of guanidine groups is 1. The first kappa shape index (κ1) is 18.1. The van der Waals surface area contributed by atoms with Crippen LogP contribution in [-0.2, 0) is 6.42 Å². The predicted octanol–water partition coefficient (Wildman–Crippen LogP) is 2.53. The molecule has 23 heavy (non-hydrogen) atoms. The average Bonchev–Trinajstić information content (AvgIpc) is 3.14. The number of hydrogen-bond donors (Lipinski definition) is 0. The highest BCUT2D eigenvalue weighted by molar-refractivity contribution is 7.98. The van der Waals surface area contributed by atoms with Gasteiger partial charge in [-0.3, -0.25) is 4.99 Å². The Hall–Kier alpha value is -1.24. The van der Waals surface area contributed by atoms with Crippen molar-refractivity contribution in [3.63, 3.8) is 0 Å². The second kappa shape index (κ2) is 8.57. The third kappa shape index (κ3) is 4.62. The molecule has 1 aromatic heterocycles. The highest BCUT2D eigenvalue weighted by Gasteiger charge is 2.23. The van der Waals surface area contributed by atoms with Gasteiger partial charge in [-0.05, 0) is 25.5 Å².